The molecule has 2 aliphatic rings. The van der Waals surface area contributed by atoms with Crippen molar-refractivity contribution in [2.45, 2.75) is 32.0 Å². The number of fused-ring (bicyclic) bond motifs is 1. The number of carbonyl (C=O) groups excluding carboxylic acids is 2. The molecule has 0 N–H and O–H groups in total. The van der Waals surface area contributed by atoms with Crippen molar-refractivity contribution in [3.05, 3.63) is 12.7 Å². The molecule has 0 aromatic heterocycles. The predicted molar refractivity (Wildman–Crippen MR) is 79.8 cm³/mol. The van der Waals surface area contributed by atoms with Crippen molar-refractivity contribution in [1.82, 2.24) is 14.7 Å². The van der Waals surface area contributed by atoms with Gasteiger partial charge in [-0.05, 0) is 20.9 Å². The molecule has 2 aliphatic heterocycles. The van der Waals surface area contributed by atoms with Gasteiger partial charge < -0.3 is 14.5 Å². The van der Waals surface area contributed by atoms with Gasteiger partial charge in [-0.2, -0.15) is 0 Å². The topological polar surface area (TPSA) is 53.1 Å². The Balaban J connectivity index is 1.99. The van der Waals surface area contributed by atoms with Crippen molar-refractivity contribution >= 4 is 11.8 Å². The fourth-order valence-electron chi connectivity index (χ4n) is 2.74. The lowest BCUT2D eigenvalue weighted by atomic mass is 10.1. The van der Waals surface area contributed by atoms with Gasteiger partial charge in [0.1, 0.15) is 6.61 Å². The molecule has 0 aromatic rings. The standard InChI is InChI=1S/C15H25N3O3/c1-5-6-18-12-7-17(8-13(12)21-10-15(18)20)14(19)9-16(4)11(2)3/h5,11-13H,1,6-10H2,2-4H3/t12-,13-/m1/s1. The van der Waals surface area contributed by atoms with E-state index in [-0.39, 0.29) is 30.6 Å². The lowest BCUT2D eigenvalue weighted by Crippen LogP contribution is -2.54. The van der Waals surface area contributed by atoms with Gasteiger partial charge in [-0.15, -0.1) is 6.58 Å². The Morgan fingerprint density at radius 1 is 1.52 bits per heavy atom. The quantitative estimate of drug-likeness (QED) is 0.668. The lowest BCUT2D eigenvalue weighted by molar-refractivity contribution is -0.151. The zero-order valence-electron chi connectivity index (χ0n) is 13.1. The summed E-state index contributed by atoms with van der Waals surface area (Å²) >= 11 is 0. The fraction of sp³-hybridized carbons (Fsp3) is 0.733. The van der Waals surface area contributed by atoms with Gasteiger partial charge in [-0.25, -0.2) is 0 Å². The first kappa shape index (κ1) is 16.0. The molecule has 2 amide bonds. The Bertz CT molecular complexity index is 424. The molecule has 0 unspecified atom stereocenters. The van der Waals surface area contributed by atoms with Crippen LogP contribution < -0.4 is 0 Å². The minimum Gasteiger partial charge on any atom is -0.364 e. The van der Waals surface area contributed by atoms with Crippen molar-refractivity contribution < 1.29 is 14.3 Å². The summed E-state index contributed by atoms with van der Waals surface area (Å²) in [5.41, 5.74) is 0. The highest BCUT2D eigenvalue weighted by molar-refractivity contribution is 5.81. The van der Waals surface area contributed by atoms with Gasteiger partial charge in [0.15, 0.2) is 0 Å². The average molecular weight is 295 g/mol. The van der Waals surface area contributed by atoms with Crippen LogP contribution in [-0.4, -0.2) is 84.5 Å². The minimum atomic E-state index is -0.0732. The van der Waals surface area contributed by atoms with E-state index < -0.39 is 0 Å². The molecule has 21 heavy (non-hydrogen) atoms. The van der Waals surface area contributed by atoms with Gasteiger partial charge in [-0.1, -0.05) is 6.08 Å². The van der Waals surface area contributed by atoms with Gasteiger partial charge in [0.05, 0.1) is 18.7 Å². The van der Waals surface area contributed by atoms with Crippen LogP contribution in [0.5, 0.6) is 0 Å². The SMILES string of the molecule is C=CCN1C(=O)CO[C@@H]2CN(C(=O)CN(C)C(C)C)C[C@H]21. The second-order valence-corrected chi connectivity index (χ2v) is 6.06. The Morgan fingerprint density at radius 3 is 2.86 bits per heavy atom. The number of likely N-dealkylation sites (N-methyl/N-ethyl adjacent to an activating group) is 1. The Morgan fingerprint density at radius 2 is 2.24 bits per heavy atom. The molecule has 2 saturated heterocycles. The molecule has 2 rings (SSSR count). The van der Waals surface area contributed by atoms with E-state index >= 15 is 0 Å². The number of ether oxygens (including phenoxy) is 1. The third kappa shape index (κ3) is 3.44. The molecule has 0 aliphatic carbocycles. The minimum absolute atomic E-state index is 0.0234. The molecule has 0 radical (unpaired) electrons. The zero-order valence-corrected chi connectivity index (χ0v) is 13.1. The first-order valence-corrected chi connectivity index (χ1v) is 7.44. The smallest absolute Gasteiger partial charge is 0.249 e. The van der Waals surface area contributed by atoms with Crippen LogP contribution in [0.4, 0.5) is 0 Å². The highest BCUT2D eigenvalue weighted by Crippen LogP contribution is 2.23. The van der Waals surface area contributed by atoms with E-state index in [2.05, 4.69) is 20.4 Å². The van der Waals surface area contributed by atoms with Crippen LogP contribution in [0.3, 0.4) is 0 Å². The molecule has 2 fully saturated rings. The first-order valence-electron chi connectivity index (χ1n) is 7.44. The highest BCUT2D eigenvalue weighted by Gasteiger charge is 2.44. The molecule has 0 aromatic carbocycles. The van der Waals surface area contributed by atoms with Crippen LogP contribution in [0.1, 0.15) is 13.8 Å². The summed E-state index contributed by atoms with van der Waals surface area (Å²) in [6, 6.07) is 0.284. The van der Waals surface area contributed by atoms with Gasteiger partial charge in [0.25, 0.3) is 0 Å². The third-order valence-electron chi connectivity index (χ3n) is 4.32. The van der Waals surface area contributed by atoms with Gasteiger partial charge in [0, 0.05) is 25.7 Å². The Hall–Kier alpha value is -1.40. The van der Waals surface area contributed by atoms with Crippen LogP contribution in [0.15, 0.2) is 12.7 Å². The Labute approximate surface area is 126 Å². The molecule has 0 bridgehead atoms. The van der Waals surface area contributed by atoms with Crippen LogP contribution >= 0.6 is 0 Å². The normalized spacial score (nSPS) is 25.7. The molecule has 0 saturated carbocycles. The molecule has 0 spiro atoms. The predicted octanol–water partition coefficient (Wildman–Crippen LogP) is -0.0492. The van der Waals surface area contributed by atoms with E-state index in [4.69, 9.17) is 4.74 Å². The molecule has 2 heterocycles. The van der Waals surface area contributed by atoms with E-state index in [1.807, 2.05) is 16.8 Å². The number of hydrogen-bond acceptors (Lipinski definition) is 4. The average Bonchev–Trinajstić information content (AvgIpc) is 2.86. The maximum atomic E-state index is 12.4. The molecular weight excluding hydrogens is 270 g/mol. The number of carbonyl (C=O) groups is 2. The van der Waals surface area contributed by atoms with E-state index in [1.165, 1.54) is 0 Å². The van der Waals surface area contributed by atoms with Gasteiger partial charge >= 0.3 is 0 Å². The Kier molecular flexibility index (Phi) is 5.00. The van der Waals surface area contributed by atoms with Crippen molar-refractivity contribution in [3.63, 3.8) is 0 Å². The molecular formula is C15H25N3O3. The van der Waals surface area contributed by atoms with Crippen molar-refractivity contribution in [1.29, 1.82) is 0 Å². The van der Waals surface area contributed by atoms with Gasteiger partial charge in [0.2, 0.25) is 11.8 Å². The van der Waals surface area contributed by atoms with Crippen LogP contribution in [0, 0.1) is 0 Å². The maximum absolute atomic E-state index is 12.4. The second kappa shape index (κ2) is 6.58. The monoisotopic (exact) mass is 295 g/mol. The molecule has 118 valence electrons. The third-order valence-corrected chi connectivity index (χ3v) is 4.32. The summed E-state index contributed by atoms with van der Waals surface area (Å²) in [4.78, 5) is 29.9. The van der Waals surface area contributed by atoms with E-state index in [0.29, 0.717) is 32.2 Å². The van der Waals surface area contributed by atoms with Crippen molar-refractivity contribution in [3.8, 4) is 0 Å². The number of morpholine rings is 1. The van der Waals surface area contributed by atoms with E-state index in [0.717, 1.165) is 0 Å². The lowest BCUT2D eigenvalue weighted by Gasteiger charge is -2.35. The summed E-state index contributed by atoms with van der Waals surface area (Å²) in [6.45, 7) is 9.94. The maximum Gasteiger partial charge on any atom is 0.249 e. The summed E-state index contributed by atoms with van der Waals surface area (Å²) in [5.74, 6) is 0.0694. The number of hydrogen-bond donors (Lipinski definition) is 0. The van der Waals surface area contributed by atoms with Crippen LogP contribution in [-0.2, 0) is 14.3 Å². The summed E-state index contributed by atoms with van der Waals surface area (Å²) < 4.78 is 5.59. The van der Waals surface area contributed by atoms with E-state index in [9.17, 15) is 9.59 Å². The molecule has 6 nitrogen and oxygen atoms in total. The highest BCUT2D eigenvalue weighted by atomic mass is 16.5. The van der Waals surface area contributed by atoms with Crippen molar-refractivity contribution in [2.75, 3.05) is 39.8 Å². The van der Waals surface area contributed by atoms with Gasteiger partial charge in [-0.3, -0.25) is 14.5 Å². The second-order valence-electron chi connectivity index (χ2n) is 6.06. The summed E-state index contributed by atoms with van der Waals surface area (Å²) in [5, 5.41) is 0. The zero-order chi connectivity index (χ0) is 15.6. The van der Waals surface area contributed by atoms with Crippen LogP contribution in [0.2, 0.25) is 0 Å². The fourth-order valence-corrected chi connectivity index (χ4v) is 2.74. The first-order chi connectivity index (χ1) is 9.93. The van der Waals surface area contributed by atoms with E-state index in [1.54, 1.807) is 11.0 Å². The number of rotatable bonds is 5. The van der Waals surface area contributed by atoms with Crippen molar-refractivity contribution in [2.24, 2.45) is 0 Å². The largest absolute Gasteiger partial charge is 0.364 e. The molecule has 6 heteroatoms. The summed E-state index contributed by atoms with van der Waals surface area (Å²) in [7, 11) is 1.94. The number of likely N-dealkylation sites (tertiary alicyclic amines) is 1. The summed E-state index contributed by atoms with van der Waals surface area (Å²) in [6.07, 6.45) is 1.65. The molecule has 2 atom stereocenters. The van der Waals surface area contributed by atoms with Crippen LogP contribution in [0.25, 0.3) is 0 Å². The number of amides is 2. The number of nitrogens with zero attached hydrogens (tertiary/aromatic N) is 3.